The van der Waals surface area contributed by atoms with Crippen LogP contribution in [0.1, 0.15) is 0 Å². The second kappa shape index (κ2) is 11.4. The van der Waals surface area contributed by atoms with Crippen LogP contribution >= 0.6 is 7.26 Å². The van der Waals surface area contributed by atoms with Crippen molar-refractivity contribution in [2.45, 2.75) is 78.6 Å². The molecule has 0 aliphatic carbocycles. The van der Waals surface area contributed by atoms with Crippen molar-refractivity contribution in [1.82, 2.24) is 0 Å². The fourth-order valence-corrected chi connectivity index (χ4v) is 14.5. The van der Waals surface area contributed by atoms with Gasteiger partial charge in [0.05, 0.1) is 32.3 Å². The Morgan fingerprint density at radius 2 is 0.415 bits per heavy atom. The number of hydrogen-bond acceptors (Lipinski definition) is 0. The summed E-state index contributed by atoms with van der Waals surface area (Å²) in [5, 5.41) is 11.9. The lowest BCUT2D eigenvalue weighted by atomic mass is 10.3. The first-order chi connectivity index (χ1) is 18.8. The summed E-state index contributed by atoms with van der Waals surface area (Å²) in [6.45, 7) is 29.4. The Morgan fingerprint density at radius 3 is 0.537 bits per heavy atom. The third-order valence-corrected chi connectivity index (χ3v) is 21.0. The van der Waals surface area contributed by atoms with Gasteiger partial charge in [0.1, 0.15) is 28.5 Å². The molecule has 0 heterocycles. The molecule has 41 heavy (non-hydrogen) atoms. The molecule has 0 N–H and O–H groups in total. The Kier molecular flexibility index (Phi) is 8.89. The minimum Gasteiger partial charge on any atom is -0.0656 e. The average molecular weight is 628 g/mol. The topological polar surface area (TPSA) is 0 Å². The summed E-state index contributed by atoms with van der Waals surface area (Å²) < 4.78 is 0. The monoisotopic (exact) mass is 627 g/mol. The van der Waals surface area contributed by atoms with Crippen molar-refractivity contribution >= 4 is 81.5 Å². The first kappa shape index (κ1) is 32.1. The second-order valence-corrected chi connectivity index (χ2v) is 39.6. The summed E-state index contributed by atoms with van der Waals surface area (Å²) in [6, 6.07) is 39.4. The van der Waals surface area contributed by atoms with Gasteiger partial charge in [-0.15, -0.1) is 0 Å². The van der Waals surface area contributed by atoms with Crippen molar-refractivity contribution in [3.63, 3.8) is 0 Å². The summed E-state index contributed by atoms with van der Waals surface area (Å²) in [6.07, 6.45) is 0. The van der Waals surface area contributed by atoms with E-state index in [2.05, 4.69) is 176 Å². The van der Waals surface area contributed by atoms with Gasteiger partial charge in [-0.25, -0.2) is 0 Å². The molecule has 0 bridgehead atoms. The maximum atomic E-state index is 2.48. The van der Waals surface area contributed by atoms with E-state index in [-0.39, 0.29) is 0 Å². The van der Waals surface area contributed by atoms with Gasteiger partial charge in [-0.2, -0.15) is 0 Å². The lowest BCUT2D eigenvalue weighted by Gasteiger charge is -2.30. The van der Waals surface area contributed by atoms with Gasteiger partial charge in [0.2, 0.25) is 0 Å². The fourth-order valence-electron chi connectivity index (χ4n) is 5.63. The Morgan fingerprint density at radius 1 is 0.268 bits per heavy atom. The molecule has 0 aliphatic rings. The largest absolute Gasteiger partial charge is 0.144 e. The maximum absolute atomic E-state index is 2.48. The molecule has 0 aliphatic heterocycles. The van der Waals surface area contributed by atoms with Crippen LogP contribution in [-0.4, -0.2) is 32.3 Å². The van der Waals surface area contributed by atoms with E-state index < -0.39 is 39.6 Å². The summed E-state index contributed by atoms with van der Waals surface area (Å²) in [5.74, 6) is 0. The molecule has 0 unspecified atom stereocenters. The zero-order valence-corrected chi connectivity index (χ0v) is 32.6. The summed E-state index contributed by atoms with van der Waals surface area (Å²) in [4.78, 5) is 0. The highest BCUT2D eigenvalue weighted by Crippen LogP contribution is 2.54. The predicted octanol–water partition coefficient (Wildman–Crippen LogP) is 6.49. The lowest BCUT2D eigenvalue weighted by molar-refractivity contribution is 1.67. The van der Waals surface area contributed by atoms with Gasteiger partial charge < -0.3 is 0 Å². The van der Waals surface area contributed by atoms with E-state index in [9.17, 15) is 0 Å². The molecule has 0 spiro atoms. The normalized spacial score (nSPS) is 13.4. The van der Waals surface area contributed by atoms with Gasteiger partial charge >= 0.3 is 0 Å². The summed E-state index contributed by atoms with van der Waals surface area (Å²) in [5.41, 5.74) is 0. The average Bonchev–Trinajstić information content (AvgIpc) is 2.88. The van der Waals surface area contributed by atoms with Gasteiger partial charge in [0.25, 0.3) is 0 Å². The van der Waals surface area contributed by atoms with Crippen molar-refractivity contribution in [3.05, 3.63) is 97.1 Å². The molecule has 0 aromatic heterocycles. The Bertz CT molecular complexity index is 1220. The lowest BCUT2D eigenvalue weighted by Crippen LogP contribution is -2.44. The molecule has 0 amide bonds. The quantitative estimate of drug-likeness (QED) is 0.155. The van der Waals surface area contributed by atoms with Crippen LogP contribution in [0.2, 0.25) is 78.6 Å². The molecule has 5 heteroatoms. The van der Waals surface area contributed by atoms with Gasteiger partial charge in [-0.1, -0.05) is 148 Å². The van der Waals surface area contributed by atoms with Crippen LogP contribution in [0, 0.1) is 0 Å². The van der Waals surface area contributed by atoms with Crippen molar-refractivity contribution in [2.75, 3.05) is 0 Å². The molecule has 0 fully saturated rings. The van der Waals surface area contributed by atoms with Crippen LogP contribution in [0.5, 0.6) is 0 Å². The Balaban J connectivity index is 2.09. The van der Waals surface area contributed by atoms with Gasteiger partial charge in [-0.05, 0) is 48.5 Å². The molecule has 4 aromatic rings. The SMILES string of the molecule is C[Si](C)(C)c1ccc([P+](c2ccc([Si](C)(C)C)cc2)(c2ccc([Si](C)(C)C)cc2)c2ccc([Si](C)(C)C)cc2)cc1. The molecule has 0 nitrogen and oxygen atoms in total. The Hall–Kier alpha value is -1.82. The number of hydrogen-bond donors (Lipinski definition) is 0. The maximum Gasteiger partial charge on any atom is 0.144 e. The summed E-state index contributed by atoms with van der Waals surface area (Å²) >= 11 is 0. The van der Waals surface area contributed by atoms with Crippen LogP contribution < -0.4 is 42.0 Å². The molecular formula is C36H52PSi4+. The van der Waals surface area contributed by atoms with E-state index in [1.165, 1.54) is 42.0 Å². The molecule has 0 radical (unpaired) electrons. The third-order valence-electron chi connectivity index (χ3n) is 8.48. The van der Waals surface area contributed by atoms with Crippen LogP contribution in [0.4, 0.5) is 0 Å². The highest BCUT2D eigenvalue weighted by Gasteiger charge is 2.48. The molecule has 216 valence electrons. The van der Waals surface area contributed by atoms with E-state index in [0.29, 0.717) is 0 Å². The number of benzene rings is 4. The highest BCUT2D eigenvalue weighted by atomic mass is 31.2. The predicted molar refractivity (Wildman–Crippen MR) is 203 cm³/mol. The molecule has 0 saturated carbocycles. The van der Waals surface area contributed by atoms with Gasteiger partial charge in [0, 0.05) is 0 Å². The Labute approximate surface area is 256 Å². The van der Waals surface area contributed by atoms with E-state index in [1.807, 2.05) is 0 Å². The van der Waals surface area contributed by atoms with Gasteiger partial charge in [0.15, 0.2) is 0 Å². The van der Waals surface area contributed by atoms with Crippen molar-refractivity contribution < 1.29 is 0 Å². The van der Waals surface area contributed by atoms with E-state index in [1.54, 1.807) is 0 Å². The summed E-state index contributed by atoms with van der Waals surface area (Å²) in [7, 11) is -7.78. The zero-order valence-electron chi connectivity index (χ0n) is 27.7. The van der Waals surface area contributed by atoms with Crippen molar-refractivity contribution in [2.24, 2.45) is 0 Å². The van der Waals surface area contributed by atoms with Crippen molar-refractivity contribution in [3.8, 4) is 0 Å². The van der Waals surface area contributed by atoms with Crippen LogP contribution in [0.25, 0.3) is 0 Å². The highest BCUT2D eigenvalue weighted by molar-refractivity contribution is 8.01. The molecule has 4 aromatic carbocycles. The van der Waals surface area contributed by atoms with Crippen LogP contribution in [0.3, 0.4) is 0 Å². The minimum atomic E-state index is -2.13. The first-order valence-electron chi connectivity index (χ1n) is 15.2. The minimum absolute atomic E-state index is 1.41. The molecule has 0 saturated heterocycles. The smallest absolute Gasteiger partial charge is 0.0656 e. The van der Waals surface area contributed by atoms with Gasteiger partial charge in [-0.3, -0.25) is 0 Å². The zero-order chi connectivity index (χ0) is 30.4. The second-order valence-electron chi connectivity index (χ2n) is 15.9. The fraction of sp³-hybridized carbons (Fsp3) is 0.333. The first-order valence-corrected chi connectivity index (χ1v) is 31.0. The van der Waals surface area contributed by atoms with E-state index >= 15 is 0 Å². The van der Waals surface area contributed by atoms with Crippen LogP contribution in [-0.2, 0) is 0 Å². The van der Waals surface area contributed by atoms with E-state index in [4.69, 9.17) is 0 Å². The molecular weight excluding hydrogens is 576 g/mol. The molecule has 0 atom stereocenters. The third kappa shape index (κ3) is 6.73. The molecule has 4 rings (SSSR count). The van der Waals surface area contributed by atoms with Crippen LogP contribution in [0.15, 0.2) is 97.1 Å². The number of rotatable bonds is 8. The standard InChI is InChI=1S/C36H52PSi4/c1-38(2,3)33-21-13-29(14-22-33)37(30-15-23-34(24-16-30)39(4,5)6,31-17-25-35(26-18-31)40(7,8)9)32-19-27-36(28-20-32)41(10,11)12/h13-28H,1-12H3/q+1. The van der Waals surface area contributed by atoms with Crippen molar-refractivity contribution in [1.29, 1.82) is 0 Å². The van der Waals surface area contributed by atoms with E-state index in [0.717, 1.165) is 0 Å².